The number of nitrogens with one attached hydrogen (secondary N) is 1. The number of ether oxygens (including phenoxy) is 1. The highest BCUT2D eigenvalue weighted by Gasteiger charge is 2.26. The molecule has 2 aromatic rings. The van der Waals surface area contributed by atoms with Gasteiger partial charge in [-0.25, -0.2) is 0 Å². The summed E-state index contributed by atoms with van der Waals surface area (Å²) in [6.07, 6.45) is 0.824. The minimum atomic E-state index is -0.139. The summed E-state index contributed by atoms with van der Waals surface area (Å²) < 4.78 is 10.4. The van der Waals surface area contributed by atoms with E-state index in [4.69, 9.17) is 20.9 Å². The molecule has 158 valence electrons. The molecule has 8 nitrogen and oxygen atoms in total. The van der Waals surface area contributed by atoms with Gasteiger partial charge in [0.15, 0.2) is 0 Å². The van der Waals surface area contributed by atoms with E-state index in [1.54, 1.807) is 19.2 Å². The third kappa shape index (κ3) is 6.24. The van der Waals surface area contributed by atoms with Gasteiger partial charge in [0.2, 0.25) is 17.6 Å². The van der Waals surface area contributed by atoms with Gasteiger partial charge in [-0.3, -0.25) is 14.6 Å². The third-order valence-corrected chi connectivity index (χ3v) is 5.34. The van der Waals surface area contributed by atoms with Gasteiger partial charge in [-0.15, -0.1) is 0 Å². The maximum absolute atomic E-state index is 12.3. The van der Waals surface area contributed by atoms with Gasteiger partial charge in [-0.1, -0.05) is 16.8 Å². The second-order valence-corrected chi connectivity index (χ2v) is 7.58. The summed E-state index contributed by atoms with van der Waals surface area (Å²) in [7, 11) is 1.66. The predicted octanol–water partition coefficient (Wildman–Crippen LogP) is 2.05. The number of carbonyl (C=O) groups excluding carboxylic acids is 1. The lowest BCUT2D eigenvalue weighted by Crippen LogP contribution is -2.53. The fourth-order valence-electron chi connectivity index (χ4n) is 3.28. The van der Waals surface area contributed by atoms with Crippen LogP contribution >= 0.6 is 11.6 Å². The van der Waals surface area contributed by atoms with Crippen molar-refractivity contribution in [2.45, 2.75) is 25.9 Å². The third-order valence-electron chi connectivity index (χ3n) is 5.09. The summed E-state index contributed by atoms with van der Waals surface area (Å²) in [6, 6.07) is 7.22. The topological polar surface area (TPSA) is 83.7 Å². The molecule has 0 bridgehead atoms. The van der Waals surface area contributed by atoms with Gasteiger partial charge >= 0.3 is 0 Å². The fourth-order valence-corrected chi connectivity index (χ4v) is 3.40. The Morgan fingerprint density at radius 1 is 1.28 bits per heavy atom. The first-order valence-corrected chi connectivity index (χ1v) is 10.3. The van der Waals surface area contributed by atoms with Crippen LogP contribution in [-0.4, -0.2) is 78.3 Å². The minimum absolute atomic E-state index is 0.0686. The lowest BCUT2D eigenvalue weighted by molar-refractivity contribution is -0.126. The van der Waals surface area contributed by atoms with Gasteiger partial charge < -0.3 is 14.6 Å². The first kappa shape index (κ1) is 21.7. The van der Waals surface area contributed by atoms with E-state index in [2.05, 4.69) is 25.3 Å². The van der Waals surface area contributed by atoms with Crippen molar-refractivity contribution in [2.75, 3.05) is 46.4 Å². The Bertz CT molecular complexity index is 775. The standard InChI is InChI=1S/C20H28ClN5O3/c1-15(20(27)22-8-3-13-28-2)26-11-9-25(10-12-26)14-18-23-19(24-29-18)16-4-6-17(21)7-5-16/h4-7,15H,3,8-14H2,1-2H3,(H,22,27). The van der Waals surface area contributed by atoms with Crippen LogP contribution in [-0.2, 0) is 16.1 Å². The zero-order valence-corrected chi connectivity index (χ0v) is 17.7. The van der Waals surface area contributed by atoms with Crippen molar-refractivity contribution in [2.24, 2.45) is 0 Å². The van der Waals surface area contributed by atoms with E-state index in [9.17, 15) is 4.79 Å². The Morgan fingerprint density at radius 2 is 2.00 bits per heavy atom. The lowest BCUT2D eigenvalue weighted by atomic mass is 10.2. The fraction of sp³-hybridized carbons (Fsp3) is 0.550. The molecule has 2 heterocycles. The molecule has 0 saturated carbocycles. The summed E-state index contributed by atoms with van der Waals surface area (Å²) in [5.74, 6) is 1.22. The molecule has 1 fully saturated rings. The number of aromatic nitrogens is 2. The molecule has 3 rings (SSSR count). The molecule has 0 radical (unpaired) electrons. The van der Waals surface area contributed by atoms with E-state index in [1.165, 1.54) is 0 Å². The van der Waals surface area contributed by atoms with Crippen LogP contribution < -0.4 is 5.32 Å². The van der Waals surface area contributed by atoms with Crippen LogP contribution in [0.1, 0.15) is 19.2 Å². The molecule has 1 aromatic heterocycles. The Balaban J connectivity index is 1.44. The number of amides is 1. The summed E-state index contributed by atoms with van der Waals surface area (Å²) in [6.45, 7) is 7.20. The van der Waals surface area contributed by atoms with Gasteiger partial charge in [0, 0.05) is 57.0 Å². The summed E-state index contributed by atoms with van der Waals surface area (Å²) in [4.78, 5) is 21.2. The minimum Gasteiger partial charge on any atom is -0.385 e. The van der Waals surface area contributed by atoms with Gasteiger partial charge in [0.25, 0.3) is 0 Å². The number of piperazine rings is 1. The van der Waals surface area contributed by atoms with Crippen LogP contribution in [0.25, 0.3) is 11.4 Å². The first-order valence-electron chi connectivity index (χ1n) is 9.88. The number of benzene rings is 1. The molecule has 1 aliphatic heterocycles. The second kappa shape index (κ2) is 10.7. The van der Waals surface area contributed by atoms with E-state index >= 15 is 0 Å². The molecule has 1 N–H and O–H groups in total. The first-order chi connectivity index (χ1) is 14.1. The summed E-state index contributed by atoms with van der Waals surface area (Å²) >= 11 is 5.92. The quantitative estimate of drug-likeness (QED) is 0.620. The molecule has 1 saturated heterocycles. The van der Waals surface area contributed by atoms with E-state index in [0.29, 0.717) is 36.4 Å². The van der Waals surface area contributed by atoms with Crippen LogP contribution in [0.5, 0.6) is 0 Å². The van der Waals surface area contributed by atoms with Crippen LogP contribution in [0.4, 0.5) is 0 Å². The van der Waals surface area contributed by atoms with E-state index in [0.717, 1.165) is 38.2 Å². The highest BCUT2D eigenvalue weighted by atomic mass is 35.5. The predicted molar refractivity (Wildman–Crippen MR) is 111 cm³/mol. The van der Waals surface area contributed by atoms with Crippen molar-refractivity contribution in [3.63, 3.8) is 0 Å². The average molecular weight is 422 g/mol. The van der Waals surface area contributed by atoms with Crippen LogP contribution in [0, 0.1) is 0 Å². The molecule has 0 aliphatic carbocycles. The van der Waals surface area contributed by atoms with E-state index in [-0.39, 0.29) is 11.9 Å². The van der Waals surface area contributed by atoms with E-state index < -0.39 is 0 Å². The molecule has 0 spiro atoms. The summed E-state index contributed by atoms with van der Waals surface area (Å²) in [5.41, 5.74) is 0.875. The highest BCUT2D eigenvalue weighted by molar-refractivity contribution is 6.30. The Morgan fingerprint density at radius 3 is 2.69 bits per heavy atom. The maximum Gasteiger partial charge on any atom is 0.241 e. The Labute approximate surface area is 176 Å². The largest absolute Gasteiger partial charge is 0.385 e. The van der Waals surface area contributed by atoms with Gasteiger partial charge in [-0.2, -0.15) is 4.98 Å². The molecule has 1 amide bonds. The Kier molecular flexibility index (Phi) is 8.00. The van der Waals surface area contributed by atoms with Crippen molar-refractivity contribution < 1.29 is 14.1 Å². The Hall–Kier alpha value is -2.00. The number of methoxy groups -OCH3 is 1. The van der Waals surface area contributed by atoms with Crippen molar-refractivity contribution in [1.82, 2.24) is 25.3 Å². The smallest absolute Gasteiger partial charge is 0.241 e. The number of rotatable bonds is 9. The SMILES string of the molecule is COCCCNC(=O)C(C)N1CCN(Cc2nc(-c3ccc(Cl)cc3)no2)CC1. The van der Waals surface area contributed by atoms with Crippen molar-refractivity contribution in [1.29, 1.82) is 0 Å². The molecule has 1 aromatic carbocycles. The number of hydrogen-bond donors (Lipinski definition) is 1. The maximum atomic E-state index is 12.3. The normalized spacial score (nSPS) is 16.7. The van der Waals surface area contributed by atoms with Crippen LogP contribution in [0.3, 0.4) is 0 Å². The molecule has 1 unspecified atom stereocenters. The molecular weight excluding hydrogens is 394 g/mol. The zero-order chi connectivity index (χ0) is 20.6. The van der Waals surface area contributed by atoms with Crippen molar-refractivity contribution in [3.05, 3.63) is 35.2 Å². The second-order valence-electron chi connectivity index (χ2n) is 7.14. The van der Waals surface area contributed by atoms with Crippen molar-refractivity contribution in [3.8, 4) is 11.4 Å². The molecular formula is C20H28ClN5O3. The molecule has 9 heteroatoms. The van der Waals surface area contributed by atoms with Crippen molar-refractivity contribution >= 4 is 17.5 Å². The average Bonchev–Trinajstić information content (AvgIpc) is 3.20. The number of halogens is 1. The number of carbonyl (C=O) groups is 1. The monoisotopic (exact) mass is 421 g/mol. The highest BCUT2D eigenvalue weighted by Crippen LogP contribution is 2.19. The van der Waals surface area contributed by atoms with Gasteiger partial charge in [-0.05, 0) is 37.6 Å². The van der Waals surface area contributed by atoms with Gasteiger partial charge in [0.05, 0.1) is 12.6 Å². The lowest BCUT2D eigenvalue weighted by Gasteiger charge is -2.36. The summed E-state index contributed by atoms with van der Waals surface area (Å²) in [5, 5.41) is 7.71. The van der Waals surface area contributed by atoms with Gasteiger partial charge in [0.1, 0.15) is 0 Å². The van der Waals surface area contributed by atoms with Crippen LogP contribution in [0.15, 0.2) is 28.8 Å². The van der Waals surface area contributed by atoms with Crippen LogP contribution in [0.2, 0.25) is 5.02 Å². The molecule has 29 heavy (non-hydrogen) atoms. The number of nitrogens with zero attached hydrogens (tertiary/aromatic N) is 4. The van der Waals surface area contributed by atoms with E-state index in [1.807, 2.05) is 19.1 Å². The molecule has 1 atom stereocenters. The molecule has 1 aliphatic rings. The zero-order valence-electron chi connectivity index (χ0n) is 16.9. The number of hydrogen-bond acceptors (Lipinski definition) is 7.